The van der Waals surface area contributed by atoms with Crippen molar-refractivity contribution in [2.45, 2.75) is 11.4 Å². The van der Waals surface area contributed by atoms with Gasteiger partial charge < -0.3 is 20.9 Å². The largest absolute Gasteiger partial charge is 0.504 e. The average Bonchev–Trinajstić information content (AvgIpc) is 2.80. The summed E-state index contributed by atoms with van der Waals surface area (Å²) in [6, 6.07) is 31.3. The Bertz CT molecular complexity index is 1100. The summed E-state index contributed by atoms with van der Waals surface area (Å²) in [6.45, 7) is 0.537. The zero-order valence-electron chi connectivity index (χ0n) is 17.3. The van der Waals surface area contributed by atoms with Crippen LogP contribution in [0.5, 0.6) is 11.5 Å². The normalized spacial score (nSPS) is 10.0. The molecule has 0 aromatic heterocycles. The van der Waals surface area contributed by atoms with Gasteiger partial charge in [-0.05, 0) is 53.6 Å². The number of hydrogen-bond donors (Lipinski definition) is 4. The number of nitrogens with two attached hydrogens (primary N) is 1. The molecule has 4 N–H and O–H groups in total. The summed E-state index contributed by atoms with van der Waals surface area (Å²) in [4.78, 5) is 0.921. The SMILES string of the molecule is COc1cccc(CNc2ccc(S)cc2)c1O.Nc1cccc(-c2ccccc2)c1. The van der Waals surface area contributed by atoms with Crippen molar-refractivity contribution in [3.05, 3.63) is 103 Å². The molecule has 0 aliphatic rings. The van der Waals surface area contributed by atoms with Gasteiger partial charge in [-0.15, -0.1) is 12.6 Å². The predicted octanol–water partition coefficient (Wildman–Crippen LogP) is 6.24. The lowest BCUT2D eigenvalue weighted by Crippen LogP contribution is -2.00. The quantitative estimate of drug-likeness (QED) is 0.224. The smallest absolute Gasteiger partial charge is 0.162 e. The first-order valence-electron chi connectivity index (χ1n) is 9.85. The van der Waals surface area contributed by atoms with Crippen LogP contribution in [0, 0.1) is 0 Å². The van der Waals surface area contributed by atoms with Gasteiger partial charge in [0, 0.05) is 28.4 Å². The summed E-state index contributed by atoms with van der Waals surface area (Å²) in [6.07, 6.45) is 0. The molecule has 0 radical (unpaired) electrons. The third kappa shape index (κ3) is 6.46. The molecule has 4 aromatic carbocycles. The minimum absolute atomic E-state index is 0.179. The van der Waals surface area contributed by atoms with E-state index in [4.69, 9.17) is 10.5 Å². The maximum atomic E-state index is 9.93. The van der Waals surface area contributed by atoms with Crippen LogP contribution in [0.25, 0.3) is 11.1 Å². The zero-order chi connectivity index (χ0) is 22.1. The van der Waals surface area contributed by atoms with E-state index in [1.165, 1.54) is 18.2 Å². The van der Waals surface area contributed by atoms with E-state index in [1.807, 2.05) is 72.8 Å². The van der Waals surface area contributed by atoms with Crippen molar-refractivity contribution in [1.29, 1.82) is 0 Å². The van der Waals surface area contributed by atoms with Gasteiger partial charge in [0.2, 0.25) is 0 Å². The molecular formula is C26H26N2O2S. The number of methoxy groups -OCH3 is 1. The Morgan fingerprint density at radius 2 is 1.52 bits per heavy atom. The number of rotatable bonds is 5. The predicted molar refractivity (Wildman–Crippen MR) is 132 cm³/mol. The van der Waals surface area contributed by atoms with Gasteiger partial charge in [0.1, 0.15) is 0 Å². The van der Waals surface area contributed by atoms with E-state index >= 15 is 0 Å². The Labute approximate surface area is 188 Å². The summed E-state index contributed by atoms with van der Waals surface area (Å²) in [5.74, 6) is 0.665. The molecule has 0 spiro atoms. The van der Waals surface area contributed by atoms with Crippen LogP contribution in [0.3, 0.4) is 0 Å². The van der Waals surface area contributed by atoms with Crippen molar-refractivity contribution < 1.29 is 9.84 Å². The second-order valence-electron chi connectivity index (χ2n) is 6.86. The third-order valence-electron chi connectivity index (χ3n) is 4.65. The summed E-state index contributed by atoms with van der Waals surface area (Å²) in [5.41, 5.74) is 10.7. The molecule has 0 unspecified atom stereocenters. The van der Waals surface area contributed by atoms with Crippen LogP contribution in [-0.4, -0.2) is 12.2 Å². The molecule has 0 atom stereocenters. The van der Waals surface area contributed by atoms with Gasteiger partial charge in [0.05, 0.1) is 7.11 Å². The monoisotopic (exact) mass is 430 g/mol. The van der Waals surface area contributed by atoms with E-state index in [2.05, 4.69) is 36.1 Å². The first-order valence-corrected chi connectivity index (χ1v) is 10.3. The van der Waals surface area contributed by atoms with Crippen molar-refractivity contribution in [3.8, 4) is 22.6 Å². The Hall–Kier alpha value is -3.57. The van der Waals surface area contributed by atoms with Crippen molar-refractivity contribution in [3.63, 3.8) is 0 Å². The van der Waals surface area contributed by atoms with Gasteiger partial charge in [-0.25, -0.2) is 0 Å². The number of hydrogen-bond acceptors (Lipinski definition) is 5. The number of phenolic OH excluding ortho intramolecular Hbond substituents is 1. The Morgan fingerprint density at radius 3 is 2.19 bits per heavy atom. The van der Waals surface area contributed by atoms with E-state index in [1.54, 1.807) is 6.07 Å². The van der Waals surface area contributed by atoms with E-state index in [-0.39, 0.29) is 5.75 Å². The number of anilines is 2. The lowest BCUT2D eigenvalue weighted by atomic mass is 10.1. The summed E-state index contributed by atoms with van der Waals surface area (Å²) < 4.78 is 5.07. The van der Waals surface area contributed by atoms with E-state index < -0.39 is 0 Å². The molecule has 31 heavy (non-hydrogen) atoms. The third-order valence-corrected chi connectivity index (χ3v) is 4.94. The molecule has 4 nitrogen and oxygen atoms in total. The van der Waals surface area contributed by atoms with Crippen LogP contribution in [-0.2, 0) is 6.54 Å². The molecular weight excluding hydrogens is 404 g/mol. The fourth-order valence-electron chi connectivity index (χ4n) is 3.00. The van der Waals surface area contributed by atoms with Crippen LogP contribution < -0.4 is 15.8 Å². The van der Waals surface area contributed by atoms with Crippen LogP contribution in [0.1, 0.15) is 5.56 Å². The molecule has 0 fully saturated rings. The minimum atomic E-state index is 0.179. The molecule has 0 aliphatic carbocycles. The van der Waals surface area contributed by atoms with E-state index in [0.29, 0.717) is 12.3 Å². The fourth-order valence-corrected chi connectivity index (χ4v) is 3.15. The molecule has 4 rings (SSSR count). The van der Waals surface area contributed by atoms with Gasteiger partial charge in [0.15, 0.2) is 11.5 Å². The number of para-hydroxylation sites is 1. The molecule has 0 bridgehead atoms. The lowest BCUT2D eigenvalue weighted by molar-refractivity contribution is 0.371. The number of phenols is 1. The lowest BCUT2D eigenvalue weighted by Gasteiger charge is -2.10. The fraction of sp³-hybridized carbons (Fsp3) is 0.0769. The Kier molecular flexibility index (Phi) is 7.85. The zero-order valence-corrected chi connectivity index (χ0v) is 18.2. The minimum Gasteiger partial charge on any atom is -0.504 e. The first kappa shape index (κ1) is 22.1. The van der Waals surface area contributed by atoms with Crippen LogP contribution in [0.4, 0.5) is 11.4 Å². The van der Waals surface area contributed by atoms with Gasteiger partial charge in [-0.1, -0.05) is 54.6 Å². The number of nitrogen functional groups attached to an aromatic ring is 1. The Morgan fingerprint density at radius 1 is 0.839 bits per heavy atom. The number of benzene rings is 4. The van der Waals surface area contributed by atoms with E-state index in [0.717, 1.165) is 21.8 Å². The van der Waals surface area contributed by atoms with Gasteiger partial charge in [0.25, 0.3) is 0 Å². The standard InChI is InChI=1S/C14H15NO2S.C12H11N/c1-17-13-4-2-3-10(14(13)16)9-15-11-5-7-12(18)8-6-11;13-12-8-4-7-11(9-12)10-5-2-1-3-6-10/h2-8,15-16,18H,9H2,1H3;1-9H,13H2. The van der Waals surface area contributed by atoms with Crippen molar-refractivity contribution in [1.82, 2.24) is 0 Å². The molecule has 0 saturated heterocycles. The molecule has 0 aliphatic heterocycles. The number of nitrogens with one attached hydrogen (secondary N) is 1. The summed E-state index contributed by atoms with van der Waals surface area (Å²) >= 11 is 4.23. The maximum absolute atomic E-state index is 9.93. The van der Waals surface area contributed by atoms with Gasteiger partial charge >= 0.3 is 0 Å². The average molecular weight is 431 g/mol. The highest BCUT2D eigenvalue weighted by Crippen LogP contribution is 2.29. The first-order chi connectivity index (χ1) is 15.1. The topological polar surface area (TPSA) is 67.5 Å². The Balaban J connectivity index is 0.000000185. The second-order valence-corrected chi connectivity index (χ2v) is 7.38. The van der Waals surface area contributed by atoms with Crippen molar-refractivity contribution >= 4 is 24.0 Å². The molecule has 0 heterocycles. The van der Waals surface area contributed by atoms with Gasteiger partial charge in [-0.3, -0.25) is 0 Å². The van der Waals surface area contributed by atoms with Crippen molar-refractivity contribution in [2.75, 3.05) is 18.2 Å². The number of aromatic hydroxyl groups is 1. The molecule has 0 saturated carbocycles. The highest BCUT2D eigenvalue weighted by molar-refractivity contribution is 7.80. The molecule has 0 amide bonds. The highest BCUT2D eigenvalue weighted by atomic mass is 32.1. The summed E-state index contributed by atoms with van der Waals surface area (Å²) in [7, 11) is 1.54. The number of ether oxygens (including phenoxy) is 1. The van der Waals surface area contributed by atoms with Crippen LogP contribution in [0.2, 0.25) is 0 Å². The van der Waals surface area contributed by atoms with Crippen molar-refractivity contribution in [2.24, 2.45) is 0 Å². The van der Waals surface area contributed by atoms with E-state index in [9.17, 15) is 5.11 Å². The highest BCUT2D eigenvalue weighted by Gasteiger charge is 2.06. The molecule has 5 heteroatoms. The second kappa shape index (κ2) is 11.0. The maximum Gasteiger partial charge on any atom is 0.162 e. The number of thiol groups is 1. The molecule has 158 valence electrons. The van der Waals surface area contributed by atoms with Gasteiger partial charge in [-0.2, -0.15) is 0 Å². The van der Waals surface area contributed by atoms with Crippen LogP contribution >= 0.6 is 12.6 Å². The summed E-state index contributed by atoms with van der Waals surface area (Å²) in [5, 5.41) is 13.2. The van der Waals surface area contributed by atoms with Crippen LogP contribution in [0.15, 0.2) is 102 Å². The molecule has 4 aromatic rings.